The van der Waals surface area contributed by atoms with E-state index in [4.69, 9.17) is 0 Å². The molecule has 2 aromatic rings. The third-order valence-corrected chi connectivity index (χ3v) is 3.73. The number of nitrogens with zero attached hydrogens (tertiary/aromatic N) is 1. The van der Waals surface area contributed by atoms with Crippen LogP contribution in [0.25, 0.3) is 6.08 Å². The van der Waals surface area contributed by atoms with Gasteiger partial charge in [-0.3, -0.25) is 4.79 Å². The van der Waals surface area contributed by atoms with Gasteiger partial charge in [0.2, 0.25) is 0 Å². The highest BCUT2D eigenvalue weighted by Gasteiger charge is 2.12. The first-order valence-electron chi connectivity index (χ1n) is 7.64. The average molecular weight is 334 g/mol. The van der Waals surface area contributed by atoms with Gasteiger partial charge >= 0.3 is 5.97 Å². The van der Waals surface area contributed by atoms with E-state index >= 15 is 0 Å². The van der Waals surface area contributed by atoms with Crippen LogP contribution in [0, 0.1) is 25.2 Å². The minimum Gasteiger partial charge on any atom is -0.465 e. The van der Waals surface area contributed by atoms with Crippen molar-refractivity contribution in [1.29, 1.82) is 5.26 Å². The Bertz CT molecular complexity index is 855. The van der Waals surface area contributed by atoms with Crippen molar-refractivity contribution in [2.24, 2.45) is 0 Å². The number of methoxy groups -OCH3 is 1. The molecule has 0 spiro atoms. The molecular weight excluding hydrogens is 316 g/mol. The van der Waals surface area contributed by atoms with Gasteiger partial charge in [-0.05, 0) is 48.7 Å². The molecule has 25 heavy (non-hydrogen) atoms. The molecule has 0 saturated heterocycles. The molecule has 1 amide bonds. The molecule has 0 radical (unpaired) electrons. The number of benzene rings is 2. The van der Waals surface area contributed by atoms with E-state index in [0.717, 1.165) is 11.1 Å². The van der Waals surface area contributed by atoms with Crippen LogP contribution in [0.4, 0.5) is 5.69 Å². The van der Waals surface area contributed by atoms with Crippen molar-refractivity contribution < 1.29 is 14.3 Å². The summed E-state index contributed by atoms with van der Waals surface area (Å²) in [6, 6.07) is 14.1. The van der Waals surface area contributed by atoms with Crippen LogP contribution in [0.15, 0.2) is 48.0 Å². The van der Waals surface area contributed by atoms with E-state index in [1.165, 1.54) is 13.2 Å². The lowest BCUT2D eigenvalue weighted by Gasteiger charge is -2.10. The molecular formula is C20H18N2O3. The molecule has 2 aromatic carbocycles. The first-order chi connectivity index (χ1) is 12.0. The molecule has 0 heterocycles. The third-order valence-electron chi connectivity index (χ3n) is 3.73. The summed E-state index contributed by atoms with van der Waals surface area (Å²) in [5, 5.41) is 12.1. The van der Waals surface area contributed by atoms with Crippen molar-refractivity contribution in [3.05, 3.63) is 70.3 Å². The van der Waals surface area contributed by atoms with Gasteiger partial charge in [0, 0.05) is 5.69 Å². The Morgan fingerprint density at radius 1 is 1.08 bits per heavy atom. The summed E-state index contributed by atoms with van der Waals surface area (Å²) in [5.74, 6) is -0.916. The van der Waals surface area contributed by atoms with Crippen molar-refractivity contribution in [3.63, 3.8) is 0 Å². The van der Waals surface area contributed by atoms with Gasteiger partial charge < -0.3 is 10.1 Å². The van der Waals surface area contributed by atoms with Gasteiger partial charge in [0.05, 0.1) is 12.7 Å². The first kappa shape index (κ1) is 18.0. The highest BCUT2D eigenvalue weighted by molar-refractivity contribution is 6.10. The van der Waals surface area contributed by atoms with Crippen molar-refractivity contribution in [2.75, 3.05) is 12.4 Å². The normalized spacial score (nSPS) is 10.7. The Morgan fingerprint density at radius 2 is 1.68 bits per heavy atom. The van der Waals surface area contributed by atoms with Crippen molar-refractivity contribution in [1.82, 2.24) is 0 Å². The summed E-state index contributed by atoms with van der Waals surface area (Å²) < 4.78 is 4.63. The fourth-order valence-corrected chi connectivity index (χ4v) is 2.34. The lowest BCUT2D eigenvalue weighted by Crippen LogP contribution is -2.15. The van der Waals surface area contributed by atoms with E-state index in [1.54, 1.807) is 24.3 Å². The fraction of sp³-hybridized carbons (Fsp3) is 0.150. The van der Waals surface area contributed by atoms with Crippen LogP contribution in [-0.2, 0) is 9.53 Å². The number of nitrogens with one attached hydrogen (secondary N) is 1. The molecule has 2 rings (SSSR count). The van der Waals surface area contributed by atoms with E-state index in [1.807, 2.05) is 38.1 Å². The maximum atomic E-state index is 12.4. The van der Waals surface area contributed by atoms with Crippen molar-refractivity contribution >= 4 is 23.6 Å². The standard InChI is InChI=1S/C20H18N2O3/c1-13-5-4-6-14(2)18(13)22-19(23)17(12-21)11-15-7-9-16(10-8-15)20(24)25-3/h4-11H,1-3H3,(H,22,23)/b17-11-. The fourth-order valence-electron chi connectivity index (χ4n) is 2.34. The summed E-state index contributed by atoms with van der Waals surface area (Å²) in [4.78, 5) is 23.8. The molecule has 5 heteroatoms. The zero-order valence-electron chi connectivity index (χ0n) is 14.3. The second-order valence-electron chi connectivity index (χ2n) is 5.50. The highest BCUT2D eigenvalue weighted by atomic mass is 16.5. The molecule has 0 fully saturated rings. The minimum atomic E-state index is -0.475. The molecule has 0 unspecified atom stereocenters. The molecule has 126 valence electrons. The number of carbonyl (C=O) groups is 2. The van der Waals surface area contributed by atoms with Gasteiger partial charge in [-0.2, -0.15) is 5.26 Å². The van der Waals surface area contributed by atoms with Crippen molar-refractivity contribution in [2.45, 2.75) is 13.8 Å². The van der Waals surface area contributed by atoms with Crippen LogP contribution >= 0.6 is 0 Å². The Labute approximate surface area is 146 Å². The summed E-state index contributed by atoms with van der Waals surface area (Å²) in [6.45, 7) is 3.79. The number of para-hydroxylation sites is 1. The van der Waals surface area contributed by atoms with Gasteiger partial charge in [-0.25, -0.2) is 4.79 Å². The number of ether oxygens (including phenoxy) is 1. The van der Waals surface area contributed by atoms with E-state index in [0.29, 0.717) is 16.8 Å². The number of hydrogen-bond donors (Lipinski definition) is 1. The van der Waals surface area contributed by atoms with Crippen LogP contribution < -0.4 is 5.32 Å². The largest absolute Gasteiger partial charge is 0.465 e. The summed E-state index contributed by atoms with van der Waals surface area (Å²) in [6.07, 6.45) is 1.48. The molecule has 0 aliphatic heterocycles. The van der Waals surface area contributed by atoms with Crippen LogP contribution in [0.1, 0.15) is 27.0 Å². The number of nitriles is 1. The minimum absolute atomic E-state index is 0.0199. The quantitative estimate of drug-likeness (QED) is 0.526. The Kier molecular flexibility index (Phi) is 5.70. The number of hydrogen-bond acceptors (Lipinski definition) is 4. The Balaban J connectivity index is 2.24. The van der Waals surface area contributed by atoms with Gasteiger partial charge in [-0.15, -0.1) is 0 Å². The van der Waals surface area contributed by atoms with Crippen LogP contribution in [0.3, 0.4) is 0 Å². The lowest BCUT2D eigenvalue weighted by atomic mass is 10.1. The SMILES string of the molecule is COC(=O)c1ccc(/C=C(/C#N)C(=O)Nc2c(C)cccc2C)cc1. The van der Waals surface area contributed by atoms with Crippen LogP contribution in [-0.4, -0.2) is 19.0 Å². The highest BCUT2D eigenvalue weighted by Crippen LogP contribution is 2.20. The van der Waals surface area contributed by atoms with Gasteiger partial charge in [0.25, 0.3) is 5.91 Å². The molecule has 1 N–H and O–H groups in total. The zero-order chi connectivity index (χ0) is 18.4. The summed E-state index contributed by atoms with van der Waals surface area (Å²) >= 11 is 0. The predicted molar refractivity (Wildman–Crippen MR) is 95.9 cm³/mol. The van der Waals surface area contributed by atoms with Crippen LogP contribution in [0.5, 0.6) is 0 Å². The molecule has 5 nitrogen and oxygen atoms in total. The van der Waals surface area contributed by atoms with Gasteiger partial charge in [-0.1, -0.05) is 30.3 Å². The molecule has 0 saturated carbocycles. The van der Waals surface area contributed by atoms with Crippen molar-refractivity contribution in [3.8, 4) is 6.07 Å². The first-order valence-corrected chi connectivity index (χ1v) is 7.64. The lowest BCUT2D eigenvalue weighted by molar-refractivity contribution is -0.112. The van der Waals surface area contributed by atoms with E-state index < -0.39 is 11.9 Å². The monoisotopic (exact) mass is 334 g/mol. The second-order valence-corrected chi connectivity index (χ2v) is 5.50. The van der Waals surface area contributed by atoms with E-state index in [9.17, 15) is 14.9 Å². The number of amides is 1. The maximum Gasteiger partial charge on any atom is 0.337 e. The second kappa shape index (κ2) is 7.93. The molecule has 0 bridgehead atoms. The number of aryl methyl sites for hydroxylation is 2. The Hall–Kier alpha value is -3.39. The van der Waals surface area contributed by atoms with Gasteiger partial charge in [0.15, 0.2) is 0 Å². The molecule has 0 aromatic heterocycles. The summed E-state index contributed by atoms with van der Waals surface area (Å²) in [7, 11) is 1.31. The maximum absolute atomic E-state index is 12.4. The smallest absolute Gasteiger partial charge is 0.337 e. The number of rotatable bonds is 4. The zero-order valence-corrected chi connectivity index (χ0v) is 14.3. The van der Waals surface area contributed by atoms with E-state index in [-0.39, 0.29) is 5.57 Å². The third kappa shape index (κ3) is 4.33. The summed E-state index contributed by atoms with van der Waals surface area (Å²) in [5.41, 5.74) is 3.57. The average Bonchev–Trinajstić information content (AvgIpc) is 2.62. The number of esters is 1. The molecule has 0 aliphatic rings. The predicted octanol–water partition coefficient (Wildman–Crippen LogP) is 3.64. The Morgan fingerprint density at radius 3 is 2.20 bits per heavy atom. The number of anilines is 1. The number of carbonyl (C=O) groups excluding carboxylic acids is 2. The topological polar surface area (TPSA) is 79.2 Å². The molecule has 0 atom stereocenters. The van der Waals surface area contributed by atoms with Crippen LogP contribution in [0.2, 0.25) is 0 Å². The molecule has 0 aliphatic carbocycles. The van der Waals surface area contributed by atoms with Gasteiger partial charge in [0.1, 0.15) is 11.6 Å². The van der Waals surface area contributed by atoms with E-state index in [2.05, 4.69) is 10.1 Å².